The van der Waals surface area contributed by atoms with Gasteiger partial charge in [0.25, 0.3) is 0 Å². The topological polar surface area (TPSA) is 20.2 Å². The number of aliphatic hydroxyl groups excluding tert-OH is 1. The van der Waals surface area contributed by atoms with Crippen LogP contribution in [0.15, 0.2) is 11.6 Å². The van der Waals surface area contributed by atoms with Crippen molar-refractivity contribution in [2.45, 2.75) is 33.3 Å². The summed E-state index contributed by atoms with van der Waals surface area (Å²) in [4.78, 5) is 0. The van der Waals surface area contributed by atoms with Crippen molar-refractivity contribution in [3.63, 3.8) is 0 Å². The summed E-state index contributed by atoms with van der Waals surface area (Å²) in [6.45, 7) is 6.68. The quantitative estimate of drug-likeness (QED) is 0.526. The normalized spacial score (nSPS) is 46.2. The highest BCUT2D eigenvalue weighted by Crippen LogP contribution is 2.58. The Kier molecular flexibility index (Phi) is 1.26. The van der Waals surface area contributed by atoms with Crippen LogP contribution < -0.4 is 0 Å². The highest BCUT2D eigenvalue weighted by atomic mass is 16.3. The van der Waals surface area contributed by atoms with Gasteiger partial charge in [-0.05, 0) is 30.6 Å². The van der Waals surface area contributed by atoms with E-state index in [1.165, 1.54) is 12.0 Å². The lowest BCUT2D eigenvalue weighted by atomic mass is 9.48. The fourth-order valence-corrected chi connectivity index (χ4v) is 2.81. The van der Waals surface area contributed by atoms with Crippen molar-refractivity contribution in [1.82, 2.24) is 0 Å². The highest BCUT2D eigenvalue weighted by Gasteiger charge is 2.53. The molecule has 0 heterocycles. The molecular weight excluding hydrogens is 136 g/mol. The summed E-state index contributed by atoms with van der Waals surface area (Å²) in [5.74, 6) is 1.27. The molecule has 0 unspecified atom stereocenters. The summed E-state index contributed by atoms with van der Waals surface area (Å²) in [6.07, 6.45) is 3.07. The van der Waals surface area contributed by atoms with Gasteiger partial charge in [-0.1, -0.05) is 25.5 Å². The molecule has 1 N–H and O–H groups in total. The predicted molar refractivity (Wildman–Crippen MR) is 45.1 cm³/mol. The van der Waals surface area contributed by atoms with Crippen LogP contribution in [-0.4, -0.2) is 11.2 Å². The van der Waals surface area contributed by atoms with Crippen molar-refractivity contribution in [2.75, 3.05) is 0 Å². The maximum absolute atomic E-state index is 9.65. The second-order valence-electron chi connectivity index (χ2n) is 4.62. The Morgan fingerprint density at radius 1 is 1.55 bits per heavy atom. The second-order valence-corrected chi connectivity index (χ2v) is 4.62. The average molecular weight is 152 g/mol. The van der Waals surface area contributed by atoms with Crippen molar-refractivity contribution in [3.8, 4) is 0 Å². The van der Waals surface area contributed by atoms with Crippen LogP contribution >= 0.6 is 0 Å². The van der Waals surface area contributed by atoms with E-state index in [1.54, 1.807) is 0 Å². The van der Waals surface area contributed by atoms with Crippen LogP contribution in [0.5, 0.6) is 0 Å². The molecule has 0 saturated heterocycles. The van der Waals surface area contributed by atoms with Gasteiger partial charge in [0, 0.05) is 0 Å². The number of fused-ring (bicyclic) bond motifs is 1. The van der Waals surface area contributed by atoms with Gasteiger partial charge >= 0.3 is 0 Å². The second kappa shape index (κ2) is 1.89. The van der Waals surface area contributed by atoms with Gasteiger partial charge in [-0.15, -0.1) is 0 Å². The van der Waals surface area contributed by atoms with E-state index in [-0.39, 0.29) is 6.10 Å². The fraction of sp³-hybridized carbons (Fsp3) is 0.800. The molecule has 2 bridgehead atoms. The molecule has 1 heteroatoms. The number of hydrogen-bond donors (Lipinski definition) is 1. The first-order chi connectivity index (χ1) is 5.03. The third kappa shape index (κ3) is 0.750. The summed E-state index contributed by atoms with van der Waals surface area (Å²) in [5, 5.41) is 9.65. The van der Waals surface area contributed by atoms with Crippen LogP contribution in [0.4, 0.5) is 0 Å². The maximum atomic E-state index is 9.65. The monoisotopic (exact) mass is 152 g/mol. The van der Waals surface area contributed by atoms with E-state index in [4.69, 9.17) is 0 Å². The molecule has 0 aromatic rings. The minimum Gasteiger partial charge on any atom is -0.389 e. The van der Waals surface area contributed by atoms with Crippen molar-refractivity contribution in [1.29, 1.82) is 0 Å². The molecule has 62 valence electrons. The molecule has 3 rings (SSSR count). The minimum atomic E-state index is -0.171. The van der Waals surface area contributed by atoms with E-state index in [9.17, 15) is 5.11 Å². The summed E-state index contributed by atoms with van der Waals surface area (Å²) in [5.41, 5.74) is 1.75. The Bertz CT molecular complexity index is 215. The predicted octanol–water partition coefficient (Wildman–Crippen LogP) is 1.97. The van der Waals surface area contributed by atoms with Gasteiger partial charge in [-0.25, -0.2) is 0 Å². The van der Waals surface area contributed by atoms with E-state index in [0.717, 1.165) is 5.92 Å². The summed E-state index contributed by atoms with van der Waals surface area (Å²) in [6, 6.07) is 0. The van der Waals surface area contributed by atoms with Gasteiger partial charge in [0.15, 0.2) is 0 Å². The van der Waals surface area contributed by atoms with Crippen molar-refractivity contribution in [2.24, 2.45) is 17.3 Å². The van der Waals surface area contributed by atoms with Gasteiger partial charge in [-0.3, -0.25) is 0 Å². The molecule has 0 spiro atoms. The Labute approximate surface area is 68.1 Å². The molecular formula is C10H16O. The van der Waals surface area contributed by atoms with Gasteiger partial charge < -0.3 is 5.11 Å². The van der Waals surface area contributed by atoms with Crippen LogP contribution in [0, 0.1) is 17.3 Å². The zero-order chi connectivity index (χ0) is 8.22. The first-order valence-corrected chi connectivity index (χ1v) is 4.40. The van der Waals surface area contributed by atoms with E-state index in [0.29, 0.717) is 11.3 Å². The third-order valence-corrected chi connectivity index (χ3v) is 3.74. The van der Waals surface area contributed by atoms with Crippen molar-refractivity contribution >= 4 is 0 Å². The Morgan fingerprint density at radius 3 is 2.55 bits per heavy atom. The Balaban J connectivity index is 2.34. The van der Waals surface area contributed by atoms with Crippen LogP contribution in [-0.2, 0) is 0 Å². The molecule has 0 aliphatic heterocycles. The summed E-state index contributed by atoms with van der Waals surface area (Å²) >= 11 is 0. The lowest BCUT2D eigenvalue weighted by Crippen LogP contribution is -2.53. The van der Waals surface area contributed by atoms with Gasteiger partial charge in [0.2, 0.25) is 0 Å². The lowest BCUT2D eigenvalue weighted by molar-refractivity contribution is -0.0760. The van der Waals surface area contributed by atoms with E-state index < -0.39 is 0 Å². The molecule has 1 nitrogen and oxygen atoms in total. The molecule has 1 saturated carbocycles. The average Bonchev–Trinajstić information content (AvgIpc) is 1.84. The van der Waals surface area contributed by atoms with Crippen molar-refractivity contribution < 1.29 is 5.11 Å². The van der Waals surface area contributed by atoms with Crippen molar-refractivity contribution in [3.05, 3.63) is 11.6 Å². The number of aliphatic hydroxyl groups is 1. The van der Waals surface area contributed by atoms with E-state index in [1.807, 2.05) is 6.08 Å². The fourth-order valence-electron chi connectivity index (χ4n) is 2.81. The van der Waals surface area contributed by atoms with Crippen LogP contribution in [0.3, 0.4) is 0 Å². The molecule has 0 aromatic heterocycles. The van der Waals surface area contributed by atoms with Crippen LogP contribution in [0.2, 0.25) is 0 Å². The summed E-state index contributed by atoms with van der Waals surface area (Å²) in [7, 11) is 0. The first kappa shape index (κ1) is 7.35. The molecule has 3 aliphatic carbocycles. The zero-order valence-electron chi connectivity index (χ0n) is 7.46. The standard InChI is InChI=1S/C10H16O/c1-6-4-9(11)8-5-7(6)10(8,2)3/h4,7-9,11H,5H2,1-3H3/t7-,8+,9+/m1/s1. The largest absolute Gasteiger partial charge is 0.389 e. The van der Waals surface area contributed by atoms with Crippen LogP contribution in [0.25, 0.3) is 0 Å². The molecule has 3 atom stereocenters. The van der Waals surface area contributed by atoms with Gasteiger partial charge in [0.1, 0.15) is 0 Å². The summed E-state index contributed by atoms with van der Waals surface area (Å²) < 4.78 is 0. The van der Waals surface area contributed by atoms with E-state index >= 15 is 0 Å². The van der Waals surface area contributed by atoms with E-state index in [2.05, 4.69) is 20.8 Å². The molecule has 1 fully saturated rings. The smallest absolute Gasteiger partial charge is 0.0757 e. The maximum Gasteiger partial charge on any atom is 0.0757 e. The highest BCUT2D eigenvalue weighted by molar-refractivity contribution is 5.24. The Morgan fingerprint density at radius 2 is 2.18 bits per heavy atom. The Hall–Kier alpha value is -0.300. The lowest BCUT2D eigenvalue weighted by Gasteiger charge is -2.57. The van der Waals surface area contributed by atoms with Gasteiger partial charge in [-0.2, -0.15) is 0 Å². The minimum absolute atomic E-state index is 0.171. The molecule has 0 radical (unpaired) electrons. The third-order valence-electron chi connectivity index (χ3n) is 3.74. The number of hydrogen-bond acceptors (Lipinski definition) is 1. The SMILES string of the molecule is CC1=C[C@H](O)[C@@H]2C[C@H]1C2(C)C. The van der Waals surface area contributed by atoms with Gasteiger partial charge in [0.05, 0.1) is 6.10 Å². The molecule has 3 aliphatic rings. The van der Waals surface area contributed by atoms with Crippen LogP contribution in [0.1, 0.15) is 27.2 Å². The number of rotatable bonds is 0. The molecule has 0 amide bonds. The zero-order valence-corrected chi connectivity index (χ0v) is 7.46. The molecule has 11 heavy (non-hydrogen) atoms. The number of allylic oxidation sites excluding steroid dienone is 1. The first-order valence-electron chi connectivity index (χ1n) is 4.40. The molecule has 0 aromatic carbocycles.